The highest BCUT2D eigenvalue weighted by molar-refractivity contribution is 7.60. The van der Waals surface area contributed by atoms with Gasteiger partial charge >= 0.3 is 15.6 Å². The van der Waals surface area contributed by atoms with Crippen molar-refractivity contribution in [1.29, 1.82) is 0 Å². The zero-order valence-electron chi connectivity index (χ0n) is 15.5. The molecule has 2 unspecified atom stereocenters. The van der Waals surface area contributed by atoms with E-state index in [0.29, 0.717) is 6.42 Å². The molecule has 24 heavy (non-hydrogen) atoms. The SMILES string of the molecule is [3H]C(/C=C(\C)CC/C=C(\C)CCC=C(C)C)OP(=O)(O)OP(=O)(O)O. The lowest BCUT2D eigenvalue weighted by molar-refractivity contribution is 0.191. The number of rotatable bonds is 11. The average Bonchev–Trinajstić information content (AvgIpc) is 2.33. The molecule has 0 aromatic heterocycles. The predicted molar refractivity (Wildman–Crippen MR) is 94.3 cm³/mol. The molecule has 9 heteroatoms. The van der Waals surface area contributed by atoms with E-state index >= 15 is 0 Å². The lowest BCUT2D eigenvalue weighted by Gasteiger charge is -2.11. The van der Waals surface area contributed by atoms with Gasteiger partial charge in [-0.25, -0.2) is 9.13 Å². The Kier molecular flexibility index (Phi) is 10.0. The lowest BCUT2D eigenvalue weighted by Crippen LogP contribution is -1.94. The van der Waals surface area contributed by atoms with Crippen LogP contribution in [0.5, 0.6) is 0 Å². The molecule has 0 aromatic carbocycles. The molecular weight excluding hydrogens is 354 g/mol. The van der Waals surface area contributed by atoms with E-state index in [2.05, 4.69) is 41.8 Å². The monoisotopic (exact) mass is 384 g/mol. The van der Waals surface area contributed by atoms with Crippen molar-refractivity contribution in [3.8, 4) is 0 Å². The van der Waals surface area contributed by atoms with Crippen LogP contribution in [0.2, 0.25) is 0 Å². The summed E-state index contributed by atoms with van der Waals surface area (Å²) in [7, 11) is -10.2. The highest BCUT2D eigenvalue weighted by Crippen LogP contribution is 2.57. The zero-order chi connectivity index (χ0) is 19.7. The van der Waals surface area contributed by atoms with Crippen LogP contribution in [0.4, 0.5) is 0 Å². The van der Waals surface area contributed by atoms with E-state index in [0.717, 1.165) is 24.8 Å². The number of allylic oxidation sites excluding steroid dienone is 5. The maximum absolute atomic E-state index is 11.3. The molecular formula is C15H28O7P2. The summed E-state index contributed by atoms with van der Waals surface area (Å²) in [6.07, 6.45) is 8.93. The van der Waals surface area contributed by atoms with E-state index in [9.17, 15) is 9.13 Å². The third-order valence-corrected chi connectivity index (χ3v) is 4.94. The fourth-order valence-electron chi connectivity index (χ4n) is 1.70. The summed E-state index contributed by atoms with van der Waals surface area (Å²) in [5.41, 5.74) is 3.31. The molecule has 140 valence electrons. The first-order valence-electron chi connectivity index (χ1n) is 8.05. The van der Waals surface area contributed by atoms with Gasteiger partial charge in [0.05, 0.1) is 7.95 Å². The molecule has 0 saturated heterocycles. The molecule has 0 spiro atoms. The van der Waals surface area contributed by atoms with Crippen LogP contribution in [-0.2, 0) is 18.0 Å². The van der Waals surface area contributed by atoms with Crippen molar-refractivity contribution >= 4 is 15.6 Å². The number of phosphoric acid groups is 2. The number of hydrogen-bond acceptors (Lipinski definition) is 4. The Hall–Kier alpha value is -0.520. The maximum atomic E-state index is 11.3. The van der Waals surface area contributed by atoms with Crippen LogP contribution in [0.1, 0.15) is 54.7 Å². The maximum Gasteiger partial charge on any atom is 0.481 e. The van der Waals surface area contributed by atoms with Crippen molar-refractivity contribution in [2.24, 2.45) is 0 Å². The quantitative estimate of drug-likeness (QED) is 0.351. The topological polar surface area (TPSA) is 113 Å². The van der Waals surface area contributed by atoms with E-state index < -0.39 is 22.2 Å². The molecule has 0 radical (unpaired) electrons. The van der Waals surface area contributed by atoms with Gasteiger partial charge < -0.3 is 14.7 Å². The van der Waals surface area contributed by atoms with Crippen LogP contribution >= 0.6 is 15.6 Å². The highest BCUT2D eigenvalue weighted by atomic mass is 31.3. The van der Waals surface area contributed by atoms with Crippen molar-refractivity contribution < 1.29 is 34.0 Å². The first-order chi connectivity index (χ1) is 11.3. The first kappa shape index (κ1) is 21.5. The summed E-state index contributed by atoms with van der Waals surface area (Å²) in [6.45, 7) is 6.34. The van der Waals surface area contributed by atoms with Gasteiger partial charge in [0.15, 0.2) is 0 Å². The fourth-order valence-corrected chi connectivity index (χ4v) is 3.14. The smallest absolute Gasteiger partial charge is 0.302 e. The minimum absolute atomic E-state index is 0.633. The molecule has 2 atom stereocenters. The molecule has 0 aliphatic carbocycles. The van der Waals surface area contributed by atoms with E-state index in [1.165, 1.54) is 17.2 Å². The van der Waals surface area contributed by atoms with Gasteiger partial charge in [0.2, 0.25) is 0 Å². The van der Waals surface area contributed by atoms with Gasteiger partial charge in [0.1, 0.15) is 0 Å². The number of phosphoric ester groups is 1. The largest absolute Gasteiger partial charge is 0.481 e. The molecule has 0 fully saturated rings. The van der Waals surface area contributed by atoms with Gasteiger partial charge in [-0.3, -0.25) is 4.52 Å². The molecule has 7 nitrogen and oxygen atoms in total. The number of hydrogen-bond donors (Lipinski definition) is 3. The molecule has 0 heterocycles. The summed E-state index contributed by atoms with van der Waals surface area (Å²) < 4.78 is 37.4. The van der Waals surface area contributed by atoms with Crippen LogP contribution in [-0.4, -0.2) is 21.3 Å². The Morgan fingerprint density at radius 3 is 1.96 bits per heavy atom. The first-order valence-corrected chi connectivity index (χ1v) is 10.5. The Labute approximate surface area is 145 Å². The van der Waals surface area contributed by atoms with Gasteiger partial charge in [0, 0.05) is 0 Å². The fraction of sp³-hybridized carbons (Fsp3) is 0.600. The van der Waals surface area contributed by atoms with E-state index in [-0.39, 0.29) is 0 Å². The second-order valence-electron chi connectivity index (χ2n) is 5.70. The Bertz CT molecular complexity index is 603. The van der Waals surface area contributed by atoms with Crippen molar-refractivity contribution in [2.75, 3.05) is 6.58 Å². The second-order valence-corrected chi connectivity index (χ2v) is 8.49. The lowest BCUT2D eigenvalue weighted by atomic mass is 10.1. The Morgan fingerprint density at radius 1 is 0.958 bits per heavy atom. The normalized spacial score (nSPS) is 17.9. The summed E-state index contributed by atoms with van der Waals surface area (Å²) in [5.74, 6) is 0. The third kappa shape index (κ3) is 15.0. The summed E-state index contributed by atoms with van der Waals surface area (Å²) >= 11 is 0. The van der Waals surface area contributed by atoms with Crippen LogP contribution in [0.25, 0.3) is 0 Å². The molecule has 0 aliphatic rings. The third-order valence-electron chi connectivity index (χ3n) is 2.88. The van der Waals surface area contributed by atoms with E-state index in [1.54, 1.807) is 6.92 Å². The second kappa shape index (κ2) is 11.2. The Balaban J connectivity index is 4.41. The van der Waals surface area contributed by atoms with Crippen LogP contribution in [0, 0.1) is 0 Å². The van der Waals surface area contributed by atoms with Crippen LogP contribution in [0.3, 0.4) is 0 Å². The standard InChI is InChI=1S/C15H28O7P2/c1-13(2)7-5-8-14(3)9-6-10-15(4)11-12-21-24(19,20)22-23(16,17)18/h7,9,11H,5-6,8,10,12H2,1-4H3,(H,19,20)(H2,16,17,18)/b14-9+,15-11+/i12T. The van der Waals surface area contributed by atoms with Gasteiger partial charge in [-0.15, -0.1) is 0 Å². The van der Waals surface area contributed by atoms with Gasteiger partial charge in [-0.2, -0.15) is 4.31 Å². The molecule has 3 N–H and O–H groups in total. The van der Waals surface area contributed by atoms with Crippen molar-refractivity contribution in [1.82, 2.24) is 0 Å². The van der Waals surface area contributed by atoms with Gasteiger partial charge in [-0.1, -0.05) is 34.9 Å². The van der Waals surface area contributed by atoms with Crippen LogP contribution < -0.4 is 0 Å². The van der Waals surface area contributed by atoms with Crippen molar-refractivity contribution in [2.45, 2.75) is 53.4 Å². The van der Waals surface area contributed by atoms with Crippen LogP contribution in [0.15, 0.2) is 34.9 Å². The molecule has 0 saturated carbocycles. The molecule has 0 aromatic rings. The van der Waals surface area contributed by atoms with Gasteiger partial charge in [-0.05, 0) is 53.4 Å². The molecule has 0 amide bonds. The van der Waals surface area contributed by atoms with E-state index in [4.69, 9.17) is 16.1 Å². The zero-order valence-corrected chi connectivity index (χ0v) is 16.3. The summed E-state index contributed by atoms with van der Waals surface area (Å²) in [4.78, 5) is 26.2. The summed E-state index contributed by atoms with van der Waals surface area (Å²) in [6, 6.07) is 0. The van der Waals surface area contributed by atoms with Gasteiger partial charge in [0.25, 0.3) is 0 Å². The Morgan fingerprint density at radius 2 is 1.46 bits per heavy atom. The average molecular weight is 384 g/mol. The predicted octanol–water partition coefficient (Wildman–Crippen LogP) is 4.63. The van der Waals surface area contributed by atoms with E-state index in [1.807, 2.05) is 0 Å². The summed E-state index contributed by atoms with van der Waals surface area (Å²) in [5, 5.41) is 0. The minimum Gasteiger partial charge on any atom is -0.302 e. The highest BCUT2D eigenvalue weighted by Gasteiger charge is 2.31. The molecule has 0 rings (SSSR count). The van der Waals surface area contributed by atoms with Crippen molar-refractivity contribution in [3.63, 3.8) is 0 Å². The molecule has 0 aliphatic heterocycles. The molecule has 0 bridgehead atoms. The van der Waals surface area contributed by atoms with Crippen molar-refractivity contribution in [3.05, 3.63) is 34.9 Å². The minimum atomic E-state index is -5.18.